The van der Waals surface area contributed by atoms with E-state index in [9.17, 15) is 36.6 Å². The number of amides is 2. The normalized spacial score (nSPS) is 21.3. The van der Waals surface area contributed by atoms with Crippen LogP contribution < -0.4 is 5.32 Å². The van der Waals surface area contributed by atoms with E-state index in [2.05, 4.69) is 10.2 Å². The summed E-state index contributed by atoms with van der Waals surface area (Å²) in [6.45, 7) is 1.04. The van der Waals surface area contributed by atoms with Gasteiger partial charge in [0, 0.05) is 79.4 Å². The highest BCUT2D eigenvalue weighted by Crippen LogP contribution is 2.43. The molecular weight excluding hydrogens is 689 g/mol. The summed E-state index contributed by atoms with van der Waals surface area (Å²) < 4.78 is 69.3. The second-order valence-electron chi connectivity index (χ2n) is 11.6. The molecule has 7 nitrogen and oxygen atoms in total. The molecule has 2 amide bonds. The molecule has 2 aromatic rings. The van der Waals surface area contributed by atoms with Crippen LogP contribution in [0.1, 0.15) is 41.6 Å². The number of rotatable bonds is 6. The first-order chi connectivity index (χ1) is 21.0. The number of piperidine rings is 2. The minimum Gasteiger partial charge on any atom is -0.380 e. The van der Waals surface area contributed by atoms with Crippen molar-refractivity contribution in [3.63, 3.8) is 0 Å². The predicted molar refractivity (Wildman–Crippen MR) is 162 cm³/mol. The number of nitrogens with one attached hydrogen (secondary N) is 1. The van der Waals surface area contributed by atoms with Gasteiger partial charge in [0.15, 0.2) is 0 Å². The van der Waals surface area contributed by atoms with Crippen LogP contribution in [0.15, 0.2) is 30.3 Å². The molecule has 0 aromatic heterocycles. The average molecular weight is 718 g/mol. The Balaban J connectivity index is 1.15. The molecule has 3 aliphatic rings. The predicted octanol–water partition coefficient (Wildman–Crippen LogP) is 6.71. The average Bonchev–Trinajstić information content (AvgIpc) is 2.92. The number of likely N-dealkylation sites (tertiary alicyclic amines) is 3. The maximum absolute atomic E-state index is 14.1. The van der Waals surface area contributed by atoms with E-state index in [1.165, 1.54) is 11.0 Å². The van der Waals surface area contributed by atoms with Crippen molar-refractivity contribution in [3.8, 4) is 0 Å². The number of benzene rings is 2. The Bertz CT molecular complexity index is 1410. The van der Waals surface area contributed by atoms with Crippen molar-refractivity contribution in [2.75, 3.05) is 44.6 Å². The summed E-state index contributed by atoms with van der Waals surface area (Å²) in [6, 6.07) is 6.08. The topological polar surface area (TPSA) is 76.1 Å². The lowest BCUT2D eigenvalue weighted by Gasteiger charge is -2.48. The number of carbonyl (C=O) groups excluding carboxylic acids is 2. The third-order valence-corrected chi connectivity index (χ3v) is 9.62. The van der Waals surface area contributed by atoms with Crippen molar-refractivity contribution >= 4 is 63.9 Å². The van der Waals surface area contributed by atoms with Gasteiger partial charge in [-0.25, -0.2) is 8.78 Å². The van der Waals surface area contributed by atoms with E-state index < -0.39 is 47.9 Å². The van der Waals surface area contributed by atoms with Crippen LogP contribution in [0.5, 0.6) is 0 Å². The highest BCUT2D eigenvalue weighted by Gasteiger charge is 2.62. The van der Waals surface area contributed by atoms with Gasteiger partial charge in [-0.1, -0.05) is 46.4 Å². The maximum Gasteiger partial charge on any atom is 0.430 e. The second kappa shape index (κ2) is 12.8. The number of hydrogen-bond acceptors (Lipinski definition) is 5. The SMILES string of the molecule is O=C(c1c(Cl)cc(NC2CN(C3CCN(C(=O)[C@@](O)(c4cc(Cl)cc(Cl)c4)C(F)(F)F)CC3)C2)cc1Cl)N1CCC(F)(F)CC1. The maximum atomic E-state index is 14.1. The van der Waals surface area contributed by atoms with Gasteiger partial charge in [-0.05, 0) is 43.2 Å². The van der Waals surface area contributed by atoms with Crippen LogP contribution in [-0.2, 0) is 10.4 Å². The smallest absolute Gasteiger partial charge is 0.380 e. The first-order valence-corrected chi connectivity index (χ1v) is 15.7. The Labute approximate surface area is 276 Å². The fourth-order valence-electron chi connectivity index (χ4n) is 6.03. The molecule has 2 N–H and O–H groups in total. The Hall–Kier alpha value is -2.09. The number of aliphatic hydroxyl groups is 1. The molecule has 3 aliphatic heterocycles. The van der Waals surface area contributed by atoms with Gasteiger partial charge < -0.3 is 20.2 Å². The zero-order valence-electron chi connectivity index (χ0n) is 23.6. The summed E-state index contributed by atoms with van der Waals surface area (Å²) in [4.78, 5) is 30.5. The fourth-order valence-corrected chi connectivity index (χ4v) is 7.20. The molecule has 3 heterocycles. The van der Waals surface area contributed by atoms with Crippen LogP contribution in [0.25, 0.3) is 0 Å². The Morgan fingerprint density at radius 1 is 0.844 bits per heavy atom. The van der Waals surface area contributed by atoms with Gasteiger partial charge in [0.2, 0.25) is 0 Å². The lowest BCUT2D eigenvalue weighted by atomic mass is 9.89. The molecule has 3 saturated heterocycles. The number of anilines is 1. The Morgan fingerprint density at radius 2 is 1.38 bits per heavy atom. The van der Waals surface area contributed by atoms with E-state index in [-0.39, 0.29) is 63.9 Å². The summed E-state index contributed by atoms with van der Waals surface area (Å²) in [6.07, 6.45) is -5.35. The van der Waals surface area contributed by atoms with Crippen LogP contribution in [0.3, 0.4) is 0 Å². The van der Waals surface area contributed by atoms with Crippen molar-refractivity contribution in [1.82, 2.24) is 14.7 Å². The zero-order chi connectivity index (χ0) is 32.9. The van der Waals surface area contributed by atoms with E-state index in [0.29, 0.717) is 31.6 Å². The standard InChI is InChI=1S/C29H29Cl4F5N4O3/c30-17-9-16(10-18(31)11-17)28(45,29(36,37)38)26(44)41-5-1-21(2-6-41)42-14-20(15-42)39-19-12-22(32)24(23(33)13-19)25(43)40-7-3-27(34,35)4-8-40/h9-13,20-21,39,45H,1-8,14-15H2/t28-/m0/s1. The molecule has 3 fully saturated rings. The van der Waals surface area contributed by atoms with E-state index >= 15 is 0 Å². The first kappa shape index (κ1) is 34.3. The van der Waals surface area contributed by atoms with E-state index in [4.69, 9.17) is 46.4 Å². The molecule has 45 heavy (non-hydrogen) atoms. The second-order valence-corrected chi connectivity index (χ2v) is 13.3. The molecule has 246 valence electrons. The van der Waals surface area contributed by atoms with E-state index in [1.807, 2.05) is 0 Å². The van der Waals surface area contributed by atoms with Crippen LogP contribution in [0.2, 0.25) is 20.1 Å². The summed E-state index contributed by atoms with van der Waals surface area (Å²) in [5, 5.41) is 13.9. The summed E-state index contributed by atoms with van der Waals surface area (Å²) in [5.41, 5.74) is -3.92. The van der Waals surface area contributed by atoms with Crippen molar-refractivity contribution in [1.29, 1.82) is 0 Å². The zero-order valence-corrected chi connectivity index (χ0v) is 26.6. The number of halogens is 9. The van der Waals surface area contributed by atoms with Crippen LogP contribution >= 0.6 is 46.4 Å². The molecule has 0 unspecified atom stereocenters. The van der Waals surface area contributed by atoms with Crippen molar-refractivity contribution < 1.29 is 36.6 Å². The summed E-state index contributed by atoms with van der Waals surface area (Å²) in [7, 11) is 0. The van der Waals surface area contributed by atoms with Gasteiger partial charge in [-0.2, -0.15) is 13.2 Å². The summed E-state index contributed by atoms with van der Waals surface area (Å²) >= 11 is 24.5. The molecule has 0 spiro atoms. The molecule has 5 rings (SSSR count). The Kier molecular flexibility index (Phi) is 9.77. The largest absolute Gasteiger partial charge is 0.430 e. The molecule has 0 aliphatic carbocycles. The minimum atomic E-state index is -5.31. The lowest BCUT2D eigenvalue weighted by Crippen LogP contribution is -2.62. The van der Waals surface area contributed by atoms with E-state index in [1.54, 1.807) is 12.1 Å². The van der Waals surface area contributed by atoms with Gasteiger partial charge in [0.1, 0.15) is 0 Å². The molecule has 0 bridgehead atoms. The fraction of sp³-hybridized carbons (Fsp3) is 0.517. The molecular formula is C29H29Cl4F5N4O3. The Morgan fingerprint density at radius 3 is 1.89 bits per heavy atom. The van der Waals surface area contributed by atoms with Gasteiger partial charge in [0.05, 0.1) is 21.7 Å². The molecule has 2 aromatic carbocycles. The quantitative estimate of drug-likeness (QED) is 0.325. The number of carbonyl (C=O) groups is 2. The van der Waals surface area contributed by atoms with E-state index in [0.717, 1.165) is 17.0 Å². The third-order valence-electron chi connectivity index (χ3n) is 8.59. The molecule has 1 atom stereocenters. The van der Waals surface area contributed by atoms with Gasteiger partial charge in [-0.3, -0.25) is 14.5 Å². The van der Waals surface area contributed by atoms with Gasteiger partial charge >= 0.3 is 6.18 Å². The van der Waals surface area contributed by atoms with Crippen molar-refractivity contribution in [2.24, 2.45) is 0 Å². The van der Waals surface area contributed by atoms with Gasteiger partial charge in [-0.15, -0.1) is 0 Å². The van der Waals surface area contributed by atoms with Crippen molar-refractivity contribution in [3.05, 3.63) is 61.5 Å². The minimum absolute atomic E-state index is 0.00873. The monoisotopic (exact) mass is 716 g/mol. The van der Waals surface area contributed by atoms with Crippen LogP contribution in [0.4, 0.5) is 27.6 Å². The van der Waals surface area contributed by atoms with Crippen LogP contribution in [0, 0.1) is 0 Å². The number of nitrogens with zero attached hydrogens (tertiary/aromatic N) is 3. The van der Waals surface area contributed by atoms with Crippen molar-refractivity contribution in [2.45, 2.75) is 55.5 Å². The number of alkyl halides is 5. The highest BCUT2D eigenvalue weighted by molar-refractivity contribution is 6.40. The van der Waals surface area contributed by atoms with Crippen LogP contribution in [-0.4, -0.2) is 95.1 Å². The molecule has 0 saturated carbocycles. The first-order valence-electron chi connectivity index (χ1n) is 14.2. The third kappa shape index (κ3) is 7.11. The lowest BCUT2D eigenvalue weighted by molar-refractivity contribution is -0.262. The molecule has 0 radical (unpaired) electrons. The summed E-state index contributed by atoms with van der Waals surface area (Å²) in [5.74, 6) is -4.78. The number of hydrogen-bond donors (Lipinski definition) is 2. The highest BCUT2D eigenvalue weighted by atomic mass is 35.5. The molecule has 16 heteroatoms. The van der Waals surface area contributed by atoms with Gasteiger partial charge in [0.25, 0.3) is 23.3 Å².